The highest BCUT2D eigenvalue weighted by atomic mass is 127. The zero-order valence-corrected chi connectivity index (χ0v) is 16.1. The van der Waals surface area contributed by atoms with Crippen LogP contribution < -0.4 is 15.9 Å². The van der Waals surface area contributed by atoms with Crippen molar-refractivity contribution in [3.05, 3.63) is 72.0 Å². The molecule has 1 aromatic heterocycles. The van der Waals surface area contributed by atoms with Crippen molar-refractivity contribution >= 4 is 51.0 Å². The Morgan fingerprint density at radius 3 is 2.56 bits per heavy atom. The summed E-state index contributed by atoms with van der Waals surface area (Å²) < 4.78 is 6.20. The quantitative estimate of drug-likeness (QED) is 0.575. The molecule has 3 rings (SSSR count). The van der Waals surface area contributed by atoms with Gasteiger partial charge in [0, 0.05) is 20.7 Å². The largest absolute Gasteiger partial charge is 0.495 e. The molecule has 0 aliphatic carbocycles. The zero-order chi connectivity index (χ0) is 18.1. The molecule has 5 nitrogen and oxygen atoms in total. The number of pyridine rings is 1. The molecule has 3 N–H and O–H groups in total. The second-order valence-electron chi connectivity index (χ2n) is 5.51. The minimum atomic E-state index is -0.759. The highest BCUT2D eigenvalue weighted by molar-refractivity contribution is 14.1. The second-order valence-corrected chi connectivity index (χ2v) is 7.19. The van der Waals surface area contributed by atoms with Crippen LogP contribution in [0.15, 0.2) is 41.2 Å². The van der Waals surface area contributed by atoms with Gasteiger partial charge in [-0.2, -0.15) is 0 Å². The van der Waals surface area contributed by atoms with Crippen LogP contribution in [0, 0.1) is 3.57 Å². The van der Waals surface area contributed by atoms with Gasteiger partial charge in [-0.05, 0) is 52.4 Å². The second kappa shape index (κ2) is 7.05. The van der Waals surface area contributed by atoms with E-state index in [1.807, 2.05) is 18.2 Å². The molecule has 0 bridgehead atoms. The summed E-state index contributed by atoms with van der Waals surface area (Å²) in [6.07, 6.45) is 0.343. The molecule has 0 aliphatic rings. The smallest absolute Gasteiger partial charge is 0.254 e. The topological polar surface area (TPSA) is 85.2 Å². The lowest BCUT2D eigenvalue weighted by atomic mass is 10.0. The number of aromatic amines is 1. The monoisotopic (exact) mass is 468 g/mol. The third kappa shape index (κ3) is 3.50. The third-order valence-electron chi connectivity index (χ3n) is 3.88. The van der Waals surface area contributed by atoms with Gasteiger partial charge in [0.15, 0.2) is 0 Å². The molecule has 0 aliphatic heterocycles. The van der Waals surface area contributed by atoms with Crippen molar-refractivity contribution in [2.75, 3.05) is 7.11 Å². The average Bonchev–Trinajstić information content (AvgIpc) is 2.57. The van der Waals surface area contributed by atoms with Crippen LogP contribution in [0.1, 0.15) is 21.6 Å². The molecule has 3 aromatic rings. The maximum absolute atomic E-state index is 12.9. The van der Waals surface area contributed by atoms with Gasteiger partial charge in [0.25, 0.3) is 5.91 Å². The highest BCUT2D eigenvalue weighted by Crippen LogP contribution is 2.26. The van der Waals surface area contributed by atoms with Gasteiger partial charge in [-0.25, -0.2) is 0 Å². The van der Waals surface area contributed by atoms with Crippen LogP contribution >= 0.6 is 34.2 Å². The number of rotatable bonds is 4. The summed E-state index contributed by atoms with van der Waals surface area (Å²) in [7, 11) is 1.53. The number of nitrogens with one attached hydrogen (secondary N) is 1. The summed E-state index contributed by atoms with van der Waals surface area (Å²) in [5.41, 5.74) is 6.93. The first-order chi connectivity index (χ1) is 11.9. The van der Waals surface area contributed by atoms with E-state index in [0.717, 1.165) is 9.13 Å². The van der Waals surface area contributed by atoms with E-state index in [4.69, 9.17) is 22.1 Å². The normalized spacial score (nSPS) is 10.8. The lowest BCUT2D eigenvalue weighted by Crippen LogP contribution is -2.25. The van der Waals surface area contributed by atoms with E-state index in [9.17, 15) is 9.59 Å². The number of fused-ring (bicyclic) bond motifs is 1. The van der Waals surface area contributed by atoms with Crippen LogP contribution in [0.4, 0.5) is 0 Å². The summed E-state index contributed by atoms with van der Waals surface area (Å²) in [6, 6.07) is 10.7. The fourth-order valence-corrected chi connectivity index (χ4v) is 3.46. The van der Waals surface area contributed by atoms with Crippen molar-refractivity contribution in [2.24, 2.45) is 5.73 Å². The molecular weight excluding hydrogens is 455 g/mol. The van der Waals surface area contributed by atoms with Gasteiger partial charge in [0.1, 0.15) is 11.3 Å². The van der Waals surface area contributed by atoms with Gasteiger partial charge in [-0.1, -0.05) is 23.7 Å². The molecular formula is C18H14ClIN2O3. The molecule has 0 atom stereocenters. The minimum Gasteiger partial charge on any atom is -0.495 e. The van der Waals surface area contributed by atoms with Gasteiger partial charge < -0.3 is 15.5 Å². The Labute approximate surface area is 162 Å². The first-order valence-electron chi connectivity index (χ1n) is 7.37. The Hall–Kier alpha value is -2.06. The number of ether oxygens (including phenoxy) is 1. The number of benzene rings is 2. The van der Waals surface area contributed by atoms with Crippen LogP contribution in [0.25, 0.3) is 10.9 Å². The van der Waals surface area contributed by atoms with Crippen molar-refractivity contribution in [3.8, 4) is 5.75 Å². The Bertz CT molecular complexity index is 1030. The van der Waals surface area contributed by atoms with Crippen LogP contribution in [-0.2, 0) is 6.42 Å². The van der Waals surface area contributed by atoms with E-state index >= 15 is 0 Å². The summed E-state index contributed by atoms with van der Waals surface area (Å²) in [6.45, 7) is 0. The lowest BCUT2D eigenvalue weighted by molar-refractivity contribution is 0.0998. The molecule has 25 heavy (non-hydrogen) atoms. The van der Waals surface area contributed by atoms with Crippen LogP contribution in [-0.4, -0.2) is 18.0 Å². The van der Waals surface area contributed by atoms with Crippen molar-refractivity contribution in [2.45, 2.75) is 6.42 Å². The Balaban J connectivity index is 2.27. The maximum atomic E-state index is 12.9. The molecule has 1 heterocycles. The molecule has 0 spiro atoms. The molecule has 0 saturated carbocycles. The molecule has 0 saturated heterocycles. The number of amides is 1. The van der Waals surface area contributed by atoms with E-state index in [0.29, 0.717) is 33.8 Å². The predicted octanol–water partition coefficient (Wildman–Crippen LogP) is 3.48. The molecule has 0 fully saturated rings. The van der Waals surface area contributed by atoms with E-state index in [1.54, 1.807) is 18.2 Å². The number of H-pyrrole nitrogens is 1. The molecule has 7 heteroatoms. The number of hydrogen-bond donors (Lipinski definition) is 2. The third-order valence-corrected chi connectivity index (χ3v) is 4.75. The van der Waals surface area contributed by atoms with E-state index in [2.05, 4.69) is 27.6 Å². The van der Waals surface area contributed by atoms with Crippen LogP contribution in [0.5, 0.6) is 5.75 Å². The predicted molar refractivity (Wildman–Crippen MR) is 107 cm³/mol. The molecule has 1 amide bonds. The minimum absolute atomic E-state index is 0.0356. The number of aromatic nitrogens is 1. The van der Waals surface area contributed by atoms with Gasteiger partial charge in [-0.3, -0.25) is 9.59 Å². The van der Waals surface area contributed by atoms with Crippen molar-refractivity contribution in [1.82, 2.24) is 4.98 Å². The number of primary amides is 1. The fourth-order valence-electron chi connectivity index (χ4n) is 2.74. The van der Waals surface area contributed by atoms with Crippen molar-refractivity contribution < 1.29 is 9.53 Å². The number of carbonyl (C=O) groups is 1. The SMILES string of the molecule is COc1cc(I)cc2c(=O)c(C(N)=O)c(Cc3ccc(Cl)cc3)[nH]c12. The van der Waals surface area contributed by atoms with Crippen molar-refractivity contribution in [1.29, 1.82) is 0 Å². The highest BCUT2D eigenvalue weighted by Gasteiger charge is 2.19. The van der Waals surface area contributed by atoms with Gasteiger partial charge in [0.2, 0.25) is 5.43 Å². The molecule has 0 radical (unpaired) electrons. The summed E-state index contributed by atoms with van der Waals surface area (Å²) in [5, 5.41) is 0.986. The summed E-state index contributed by atoms with van der Waals surface area (Å²) in [5.74, 6) is -0.225. The van der Waals surface area contributed by atoms with Crippen LogP contribution in [0.2, 0.25) is 5.02 Å². The number of hydrogen-bond acceptors (Lipinski definition) is 3. The number of carbonyl (C=O) groups excluding carboxylic acids is 1. The van der Waals surface area contributed by atoms with E-state index < -0.39 is 11.3 Å². The van der Waals surface area contributed by atoms with Crippen molar-refractivity contribution in [3.63, 3.8) is 0 Å². The summed E-state index contributed by atoms with van der Waals surface area (Å²) in [4.78, 5) is 27.9. The Morgan fingerprint density at radius 1 is 1.28 bits per heavy atom. The van der Waals surface area contributed by atoms with Gasteiger partial charge >= 0.3 is 0 Å². The van der Waals surface area contributed by atoms with Gasteiger partial charge in [-0.15, -0.1) is 0 Å². The first kappa shape index (κ1) is 17.8. The van der Waals surface area contributed by atoms with E-state index in [-0.39, 0.29) is 5.56 Å². The lowest BCUT2D eigenvalue weighted by Gasteiger charge is -2.12. The van der Waals surface area contributed by atoms with E-state index in [1.165, 1.54) is 7.11 Å². The standard InChI is InChI=1S/C18H14ClIN2O3/c1-25-14-8-11(20)7-12-16(14)22-13(15(17(12)23)18(21)24)6-9-2-4-10(19)5-3-9/h2-5,7-8H,6H2,1H3,(H2,21,24)(H,22,23). The fraction of sp³-hybridized carbons (Fsp3) is 0.111. The maximum Gasteiger partial charge on any atom is 0.254 e. The number of methoxy groups -OCH3 is 1. The zero-order valence-electron chi connectivity index (χ0n) is 13.2. The molecule has 2 aromatic carbocycles. The number of halogens is 2. The van der Waals surface area contributed by atoms with Gasteiger partial charge in [0.05, 0.1) is 18.0 Å². The molecule has 128 valence electrons. The summed E-state index contributed by atoms with van der Waals surface area (Å²) >= 11 is 8.00. The van der Waals surface area contributed by atoms with Crippen LogP contribution in [0.3, 0.4) is 0 Å². The molecule has 0 unspecified atom stereocenters. The number of nitrogens with two attached hydrogens (primary N) is 1. The average molecular weight is 469 g/mol. The first-order valence-corrected chi connectivity index (χ1v) is 8.83. The Kier molecular flexibility index (Phi) is 5.01. The Morgan fingerprint density at radius 2 is 1.96 bits per heavy atom.